The number of para-hydroxylation sites is 1. The molecule has 2 heterocycles. The van der Waals surface area contributed by atoms with E-state index in [-0.39, 0.29) is 5.56 Å². The first-order valence-corrected chi connectivity index (χ1v) is 8.63. The van der Waals surface area contributed by atoms with Crippen molar-refractivity contribution < 1.29 is 4.74 Å². The van der Waals surface area contributed by atoms with E-state index in [1.807, 2.05) is 30.3 Å². The molecule has 24 heavy (non-hydrogen) atoms. The summed E-state index contributed by atoms with van der Waals surface area (Å²) in [5, 5.41) is 0.603. The van der Waals surface area contributed by atoms with Gasteiger partial charge in [0.1, 0.15) is 5.82 Å². The van der Waals surface area contributed by atoms with E-state index >= 15 is 0 Å². The lowest BCUT2D eigenvalue weighted by molar-refractivity contribution is 0.122. The Labute approximate surface area is 147 Å². The van der Waals surface area contributed by atoms with Crippen molar-refractivity contribution >= 4 is 32.5 Å². The third-order valence-corrected chi connectivity index (χ3v) is 4.67. The number of H-pyrrole nitrogens is 1. The van der Waals surface area contributed by atoms with Crippen LogP contribution in [0.25, 0.3) is 22.3 Å². The minimum absolute atomic E-state index is 0.119. The summed E-state index contributed by atoms with van der Waals surface area (Å²) in [7, 11) is 0. The Morgan fingerprint density at radius 3 is 2.75 bits per heavy atom. The van der Waals surface area contributed by atoms with Crippen LogP contribution in [-0.4, -0.2) is 36.3 Å². The van der Waals surface area contributed by atoms with Gasteiger partial charge in [-0.3, -0.25) is 4.79 Å². The standard InChI is InChI=1S/C18H16BrN3O2/c19-12-5-6-14(16(11-12)22-7-9-24-10-8-22)17-20-15-4-2-1-3-13(15)18(23)21-17/h1-6,11H,7-10H2,(H,20,21,23). The summed E-state index contributed by atoms with van der Waals surface area (Å²) in [6.45, 7) is 3.05. The minimum Gasteiger partial charge on any atom is -0.378 e. The zero-order valence-corrected chi connectivity index (χ0v) is 14.5. The summed E-state index contributed by atoms with van der Waals surface area (Å²) >= 11 is 3.54. The van der Waals surface area contributed by atoms with Crippen LogP contribution in [0.2, 0.25) is 0 Å². The molecule has 1 aliphatic rings. The van der Waals surface area contributed by atoms with E-state index in [0.29, 0.717) is 29.9 Å². The van der Waals surface area contributed by atoms with Crippen molar-refractivity contribution in [1.29, 1.82) is 0 Å². The Kier molecular flexibility index (Phi) is 4.08. The number of nitrogens with one attached hydrogen (secondary N) is 1. The highest BCUT2D eigenvalue weighted by Crippen LogP contribution is 2.32. The Hall–Kier alpha value is -2.18. The molecular weight excluding hydrogens is 370 g/mol. The first kappa shape index (κ1) is 15.4. The van der Waals surface area contributed by atoms with Crippen LogP contribution in [0.5, 0.6) is 0 Å². The highest BCUT2D eigenvalue weighted by molar-refractivity contribution is 9.10. The molecule has 0 radical (unpaired) electrons. The number of rotatable bonds is 2. The fraction of sp³-hybridized carbons (Fsp3) is 0.222. The third kappa shape index (κ3) is 2.83. The molecule has 5 nitrogen and oxygen atoms in total. The van der Waals surface area contributed by atoms with Gasteiger partial charge in [0.2, 0.25) is 0 Å². The van der Waals surface area contributed by atoms with Crippen molar-refractivity contribution in [3.63, 3.8) is 0 Å². The molecule has 4 rings (SSSR count). The van der Waals surface area contributed by atoms with E-state index in [4.69, 9.17) is 4.74 Å². The number of anilines is 1. The van der Waals surface area contributed by atoms with Gasteiger partial charge in [-0.15, -0.1) is 0 Å². The van der Waals surface area contributed by atoms with Crippen molar-refractivity contribution in [2.75, 3.05) is 31.2 Å². The average molecular weight is 386 g/mol. The molecule has 1 aromatic heterocycles. The maximum Gasteiger partial charge on any atom is 0.259 e. The monoisotopic (exact) mass is 385 g/mol. The molecular formula is C18H16BrN3O2. The fourth-order valence-corrected chi connectivity index (χ4v) is 3.33. The lowest BCUT2D eigenvalue weighted by atomic mass is 10.1. The van der Waals surface area contributed by atoms with Crippen molar-refractivity contribution in [2.45, 2.75) is 0 Å². The number of nitrogens with zero attached hydrogens (tertiary/aromatic N) is 2. The van der Waals surface area contributed by atoms with Crippen molar-refractivity contribution in [1.82, 2.24) is 9.97 Å². The third-order valence-electron chi connectivity index (χ3n) is 4.18. The van der Waals surface area contributed by atoms with E-state index < -0.39 is 0 Å². The Morgan fingerprint density at radius 2 is 1.92 bits per heavy atom. The summed E-state index contributed by atoms with van der Waals surface area (Å²) in [5.74, 6) is 0.590. The Morgan fingerprint density at radius 1 is 1.12 bits per heavy atom. The second-order valence-electron chi connectivity index (χ2n) is 5.69. The predicted octanol–water partition coefficient (Wildman–Crippen LogP) is 3.19. The zero-order valence-electron chi connectivity index (χ0n) is 13.0. The van der Waals surface area contributed by atoms with Crippen molar-refractivity contribution in [3.8, 4) is 11.4 Å². The van der Waals surface area contributed by atoms with Crippen LogP contribution in [0.1, 0.15) is 0 Å². The minimum atomic E-state index is -0.119. The number of hydrogen-bond acceptors (Lipinski definition) is 4. The number of fused-ring (bicyclic) bond motifs is 1. The van der Waals surface area contributed by atoms with Gasteiger partial charge in [0.05, 0.1) is 24.1 Å². The molecule has 1 saturated heterocycles. The van der Waals surface area contributed by atoms with Gasteiger partial charge in [-0.2, -0.15) is 0 Å². The summed E-state index contributed by atoms with van der Waals surface area (Å²) in [4.78, 5) is 22.2. The highest BCUT2D eigenvalue weighted by atomic mass is 79.9. The number of halogens is 1. The molecule has 0 saturated carbocycles. The van der Waals surface area contributed by atoms with Gasteiger partial charge in [-0.25, -0.2) is 4.98 Å². The molecule has 0 aliphatic carbocycles. The molecule has 1 fully saturated rings. The fourth-order valence-electron chi connectivity index (χ4n) is 2.98. The number of ether oxygens (including phenoxy) is 1. The first-order valence-electron chi connectivity index (χ1n) is 7.84. The second-order valence-corrected chi connectivity index (χ2v) is 6.61. The van der Waals surface area contributed by atoms with Gasteiger partial charge in [0, 0.05) is 28.8 Å². The number of aromatic amines is 1. The molecule has 3 aromatic rings. The Balaban J connectivity index is 1.88. The van der Waals surface area contributed by atoms with Gasteiger partial charge in [0.25, 0.3) is 5.56 Å². The van der Waals surface area contributed by atoms with Gasteiger partial charge in [-0.1, -0.05) is 28.1 Å². The molecule has 122 valence electrons. The highest BCUT2D eigenvalue weighted by Gasteiger charge is 2.18. The maximum atomic E-state index is 12.4. The normalized spacial score (nSPS) is 15.0. The van der Waals surface area contributed by atoms with Crippen LogP contribution in [0, 0.1) is 0 Å². The molecule has 0 unspecified atom stereocenters. The van der Waals surface area contributed by atoms with Crippen molar-refractivity contribution in [2.24, 2.45) is 0 Å². The first-order chi connectivity index (χ1) is 11.7. The molecule has 0 bridgehead atoms. The molecule has 1 aliphatic heterocycles. The average Bonchev–Trinajstić information content (AvgIpc) is 2.62. The van der Waals surface area contributed by atoms with Crippen LogP contribution in [0.15, 0.2) is 51.7 Å². The quantitative estimate of drug-likeness (QED) is 0.735. The summed E-state index contributed by atoms with van der Waals surface area (Å²) in [5.41, 5.74) is 2.55. The van der Waals surface area contributed by atoms with Crippen molar-refractivity contribution in [3.05, 3.63) is 57.3 Å². The molecule has 1 N–H and O–H groups in total. The molecule has 6 heteroatoms. The maximum absolute atomic E-state index is 12.4. The summed E-state index contributed by atoms with van der Waals surface area (Å²) in [6, 6.07) is 13.4. The van der Waals surface area contributed by atoms with Gasteiger partial charge in [0.15, 0.2) is 0 Å². The van der Waals surface area contributed by atoms with Crippen LogP contribution < -0.4 is 10.5 Å². The van der Waals surface area contributed by atoms with E-state index in [1.165, 1.54) is 0 Å². The van der Waals surface area contributed by atoms with Crippen LogP contribution >= 0.6 is 15.9 Å². The molecule has 2 aromatic carbocycles. The van der Waals surface area contributed by atoms with E-state index in [9.17, 15) is 4.79 Å². The lowest BCUT2D eigenvalue weighted by Gasteiger charge is -2.30. The van der Waals surface area contributed by atoms with Crippen LogP contribution in [0.3, 0.4) is 0 Å². The number of morpholine rings is 1. The van der Waals surface area contributed by atoms with Gasteiger partial charge in [-0.05, 0) is 30.3 Å². The van der Waals surface area contributed by atoms with E-state index in [0.717, 1.165) is 28.8 Å². The molecule has 0 spiro atoms. The number of benzene rings is 2. The van der Waals surface area contributed by atoms with E-state index in [1.54, 1.807) is 6.07 Å². The van der Waals surface area contributed by atoms with Gasteiger partial charge < -0.3 is 14.6 Å². The smallest absolute Gasteiger partial charge is 0.259 e. The summed E-state index contributed by atoms with van der Waals surface area (Å²) in [6.07, 6.45) is 0. The number of hydrogen-bond donors (Lipinski definition) is 1. The SMILES string of the molecule is O=c1[nH]c(-c2ccc(Br)cc2N2CCOCC2)nc2ccccc12. The van der Waals surface area contributed by atoms with Crippen LogP contribution in [-0.2, 0) is 4.74 Å². The Bertz CT molecular complexity index is 948. The molecule has 0 amide bonds. The lowest BCUT2D eigenvalue weighted by Crippen LogP contribution is -2.36. The second kappa shape index (κ2) is 6.37. The van der Waals surface area contributed by atoms with E-state index in [2.05, 4.69) is 36.9 Å². The zero-order chi connectivity index (χ0) is 16.5. The molecule has 0 atom stereocenters. The number of aromatic nitrogens is 2. The topological polar surface area (TPSA) is 58.2 Å². The predicted molar refractivity (Wildman–Crippen MR) is 98.5 cm³/mol. The van der Waals surface area contributed by atoms with Crippen LogP contribution in [0.4, 0.5) is 5.69 Å². The largest absolute Gasteiger partial charge is 0.378 e. The van der Waals surface area contributed by atoms with Gasteiger partial charge >= 0.3 is 0 Å². The summed E-state index contributed by atoms with van der Waals surface area (Å²) < 4.78 is 6.44.